The summed E-state index contributed by atoms with van der Waals surface area (Å²) in [5, 5.41) is 7.01. The van der Waals surface area contributed by atoms with Crippen LogP contribution < -0.4 is 15.5 Å². The molecule has 2 N–H and O–H groups in total. The number of piperidine rings is 1. The molecule has 1 heterocycles. The SMILES string of the molecule is CC(C)[C@H](C)NC(=O)c1ccccc1N1CCC(NC(=O)c2ccc(Cl)cc2Cl)CC1. The van der Waals surface area contributed by atoms with Gasteiger partial charge >= 0.3 is 0 Å². The summed E-state index contributed by atoms with van der Waals surface area (Å²) in [5.41, 5.74) is 2.04. The van der Waals surface area contributed by atoms with Gasteiger partial charge in [-0.15, -0.1) is 0 Å². The highest BCUT2D eigenvalue weighted by molar-refractivity contribution is 6.36. The second-order valence-corrected chi connectivity index (χ2v) is 9.23. The number of para-hydroxylation sites is 1. The number of anilines is 1. The zero-order valence-electron chi connectivity index (χ0n) is 18.1. The third kappa shape index (κ3) is 5.92. The molecule has 0 radical (unpaired) electrons. The molecule has 1 saturated heterocycles. The van der Waals surface area contributed by atoms with Gasteiger partial charge in [-0.1, -0.05) is 49.2 Å². The molecule has 0 aromatic heterocycles. The number of nitrogens with zero attached hydrogens (tertiary/aromatic N) is 1. The van der Waals surface area contributed by atoms with Crippen molar-refractivity contribution in [3.63, 3.8) is 0 Å². The highest BCUT2D eigenvalue weighted by Crippen LogP contribution is 2.26. The van der Waals surface area contributed by atoms with Gasteiger partial charge in [0.2, 0.25) is 0 Å². The van der Waals surface area contributed by atoms with E-state index in [-0.39, 0.29) is 23.9 Å². The van der Waals surface area contributed by atoms with Crippen LogP contribution in [-0.2, 0) is 0 Å². The van der Waals surface area contributed by atoms with Gasteiger partial charge in [-0.2, -0.15) is 0 Å². The molecule has 31 heavy (non-hydrogen) atoms. The van der Waals surface area contributed by atoms with Crippen molar-refractivity contribution in [2.75, 3.05) is 18.0 Å². The number of hydrogen-bond acceptors (Lipinski definition) is 3. The lowest BCUT2D eigenvalue weighted by Crippen LogP contribution is -2.45. The van der Waals surface area contributed by atoms with Crippen molar-refractivity contribution in [3.05, 3.63) is 63.6 Å². The van der Waals surface area contributed by atoms with E-state index >= 15 is 0 Å². The smallest absolute Gasteiger partial charge is 0.253 e. The van der Waals surface area contributed by atoms with Gasteiger partial charge in [0.25, 0.3) is 11.8 Å². The van der Waals surface area contributed by atoms with Crippen LogP contribution >= 0.6 is 23.2 Å². The zero-order chi connectivity index (χ0) is 22.5. The number of carbonyl (C=O) groups excluding carboxylic acids is 2. The monoisotopic (exact) mass is 461 g/mol. The largest absolute Gasteiger partial charge is 0.371 e. The molecule has 0 spiro atoms. The Morgan fingerprint density at radius 1 is 0.968 bits per heavy atom. The van der Waals surface area contributed by atoms with Crippen LogP contribution in [0, 0.1) is 5.92 Å². The summed E-state index contributed by atoms with van der Waals surface area (Å²) >= 11 is 12.1. The average molecular weight is 462 g/mol. The number of nitrogens with one attached hydrogen (secondary N) is 2. The fraction of sp³-hybridized carbons (Fsp3) is 0.417. The fourth-order valence-corrected chi connectivity index (χ4v) is 4.09. The number of rotatable bonds is 6. The molecular weight excluding hydrogens is 433 g/mol. The van der Waals surface area contributed by atoms with Crippen molar-refractivity contribution in [1.29, 1.82) is 0 Å². The Hall–Kier alpha value is -2.24. The van der Waals surface area contributed by atoms with Crippen LogP contribution in [0.25, 0.3) is 0 Å². The Bertz CT molecular complexity index is 940. The number of halogens is 2. The van der Waals surface area contributed by atoms with Gasteiger partial charge in [-0.25, -0.2) is 0 Å². The van der Waals surface area contributed by atoms with Crippen LogP contribution in [0.3, 0.4) is 0 Å². The quantitative estimate of drug-likeness (QED) is 0.623. The molecule has 0 bridgehead atoms. The van der Waals surface area contributed by atoms with Gasteiger partial charge < -0.3 is 15.5 Å². The molecule has 0 saturated carbocycles. The molecule has 1 aliphatic heterocycles. The van der Waals surface area contributed by atoms with Crippen LogP contribution in [0.5, 0.6) is 0 Å². The maximum Gasteiger partial charge on any atom is 0.253 e. The van der Waals surface area contributed by atoms with Crippen LogP contribution in [0.15, 0.2) is 42.5 Å². The van der Waals surface area contributed by atoms with E-state index in [0.717, 1.165) is 31.6 Å². The van der Waals surface area contributed by atoms with Crippen molar-refractivity contribution in [2.45, 2.75) is 45.7 Å². The predicted octanol–water partition coefficient (Wildman–Crippen LogP) is 5.17. The second kappa shape index (κ2) is 10.4. The van der Waals surface area contributed by atoms with Gasteiger partial charge in [-0.05, 0) is 56.0 Å². The minimum absolute atomic E-state index is 0.0513. The van der Waals surface area contributed by atoms with Crippen LogP contribution in [0.1, 0.15) is 54.3 Å². The minimum Gasteiger partial charge on any atom is -0.371 e. The lowest BCUT2D eigenvalue weighted by Gasteiger charge is -2.35. The van der Waals surface area contributed by atoms with E-state index in [1.54, 1.807) is 18.2 Å². The van der Waals surface area contributed by atoms with Crippen molar-refractivity contribution in [3.8, 4) is 0 Å². The van der Waals surface area contributed by atoms with E-state index < -0.39 is 0 Å². The van der Waals surface area contributed by atoms with E-state index in [1.165, 1.54) is 0 Å². The van der Waals surface area contributed by atoms with Crippen LogP contribution in [0.2, 0.25) is 10.0 Å². The molecule has 5 nitrogen and oxygen atoms in total. The van der Waals surface area contributed by atoms with E-state index in [0.29, 0.717) is 27.1 Å². The molecule has 1 atom stereocenters. The summed E-state index contributed by atoms with van der Waals surface area (Å²) in [6.45, 7) is 7.71. The number of carbonyl (C=O) groups is 2. The van der Waals surface area contributed by atoms with E-state index in [9.17, 15) is 9.59 Å². The third-order valence-electron chi connectivity index (χ3n) is 5.85. The topological polar surface area (TPSA) is 61.4 Å². The lowest BCUT2D eigenvalue weighted by atomic mass is 10.0. The summed E-state index contributed by atoms with van der Waals surface area (Å²) in [5.74, 6) is 0.122. The number of amides is 2. The van der Waals surface area contributed by atoms with Gasteiger partial charge in [0.05, 0.1) is 16.1 Å². The van der Waals surface area contributed by atoms with Crippen molar-refractivity contribution >= 4 is 40.7 Å². The summed E-state index contributed by atoms with van der Waals surface area (Å²) in [4.78, 5) is 27.6. The molecule has 0 aliphatic carbocycles. The molecule has 7 heteroatoms. The molecule has 2 aromatic rings. The molecular formula is C24H29Cl2N3O2. The molecule has 1 fully saturated rings. The van der Waals surface area contributed by atoms with Crippen LogP contribution in [-0.4, -0.2) is 37.0 Å². The molecule has 166 valence electrons. The fourth-order valence-electron chi connectivity index (χ4n) is 3.59. The Morgan fingerprint density at radius 2 is 1.65 bits per heavy atom. The van der Waals surface area contributed by atoms with Crippen molar-refractivity contribution in [2.24, 2.45) is 5.92 Å². The minimum atomic E-state index is -0.192. The lowest BCUT2D eigenvalue weighted by molar-refractivity contribution is 0.0925. The maximum atomic E-state index is 12.8. The highest BCUT2D eigenvalue weighted by atomic mass is 35.5. The average Bonchev–Trinajstić information content (AvgIpc) is 2.74. The Labute approximate surface area is 194 Å². The van der Waals surface area contributed by atoms with E-state index in [4.69, 9.17) is 23.2 Å². The Kier molecular flexibility index (Phi) is 7.84. The Morgan fingerprint density at radius 3 is 2.29 bits per heavy atom. The zero-order valence-corrected chi connectivity index (χ0v) is 19.6. The summed E-state index contributed by atoms with van der Waals surface area (Å²) in [7, 11) is 0. The van der Waals surface area contributed by atoms with E-state index in [2.05, 4.69) is 29.4 Å². The standard InChI is InChI=1S/C24H29Cl2N3O2/c1-15(2)16(3)27-24(31)20-6-4-5-7-22(20)29-12-10-18(11-13-29)28-23(30)19-9-8-17(25)14-21(19)26/h4-9,14-16,18H,10-13H2,1-3H3,(H,27,31)(H,28,30)/t16-/m0/s1. The van der Waals surface area contributed by atoms with Crippen molar-refractivity contribution in [1.82, 2.24) is 10.6 Å². The first-order valence-electron chi connectivity index (χ1n) is 10.7. The molecule has 2 aromatic carbocycles. The first-order valence-corrected chi connectivity index (χ1v) is 11.4. The summed E-state index contributed by atoms with van der Waals surface area (Å²) < 4.78 is 0. The summed E-state index contributed by atoms with van der Waals surface area (Å²) in [6.07, 6.45) is 1.57. The van der Waals surface area contributed by atoms with Gasteiger partial charge in [0, 0.05) is 35.9 Å². The maximum absolute atomic E-state index is 12.8. The summed E-state index contributed by atoms with van der Waals surface area (Å²) in [6, 6.07) is 12.7. The molecule has 2 amide bonds. The van der Waals surface area contributed by atoms with Gasteiger partial charge in [-0.3, -0.25) is 9.59 Å². The number of hydrogen-bond donors (Lipinski definition) is 2. The normalized spacial score (nSPS) is 15.6. The first kappa shape index (κ1) is 23.4. The number of benzene rings is 2. The molecule has 0 unspecified atom stereocenters. The van der Waals surface area contributed by atoms with Gasteiger partial charge in [0.15, 0.2) is 0 Å². The van der Waals surface area contributed by atoms with Crippen molar-refractivity contribution < 1.29 is 9.59 Å². The Balaban J connectivity index is 1.62. The van der Waals surface area contributed by atoms with Crippen LogP contribution in [0.4, 0.5) is 5.69 Å². The molecule has 1 aliphatic rings. The highest BCUT2D eigenvalue weighted by Gasteiger charge is 2.25. The molecule has 3 rings (SSSR count). The van der Waals surface area contributed by atoms with E-state index in [1.807, 2.05) is 31.2 Å². The van der Waals surface area contributed by atoms with Gasteiger partial charge in [0.1, 0.15) is 0 Å². The third-order valence-corrected chi connectivity index (χ3v) is 6.40. The first-order chi connectivity index (χ1) is 14.8. The predicted molar refractivity (Wildman–Crippen MR) is 127 cm³/mol. The second-order valence-electron chi connectivity index (χ2n) is 8.38.